The predicted octanol–water partition coefficient (Wildman–Crippen LogP) is 1.54. The summed E-state index contributed by atoms with van der Waals surface area (Å²) in [6, 6.07) is 12.7. The van der Waals surface area contributed by atoms with Crippen LogP contribution in [0.5, 0.6) is 5.75 Å². The molecule has 9 nitrogen and oxygen atoms in total. The molecule has 3 rings (SSSR count). The van der Waals surface area contributed by atoms with Gasteiger partial charge in [-0.15, -0.1) is 0 Å². The van der Waals surface area contributed by atoms with E-state index in [0.717, 1.165) is 4.90 Å². The number of hydrogen-bond acceptors (Lipinski definition) is 6. The van der Waals surface area contributed by atoms with Crippen molar-refractivity contribution in [1.82, 2.24) is 10.2 Å². The van der Waals surface area contributed by atoms with Crippen LogP contribution in [0.1, 0.15) is 15.9 Å². The molecule has 4 amide bonds. The van der Waals surface area contributed by atoms with Gasteiger partial charge in [0.2, 0.25) is 5.91 Å². The van der Waals surface area contributed by atoms with Gasteiger partial charge in [-0.3, -0.25) is 14.5 Å². The van der Waals surface area contributed by atoms with Crippen LogP contribution in [0.2, 0.25) is 0 Å². The quantitative estimate of drug-likeness (QED) is 0.541. The first-order valence-electron chi connectivity index (χ1n) is 8.75. The summed E-state index contributed by atoms with van der Waals surface area (Å²) in [7, 11) is 1.48. The number of anilines is 1. The molecular weight excluding hydrogens is 378 g/mol. The Morgan fingerprint density at radius 1 is 1.14 bits per heavy atom. The summed E-state index contributed by atoms with van der Waals surface area (Å²) in [6.45, 7) is -0.476. The number of urea groups is 1. The summed E-state index contributed by atoms with van der Waals surface area (Å²) in [5.74, 6) is -1.06. The van der Waals surface area contributed by atoms with E-state index in [9.17, 15) is 19.2 Å². The van der Waals surface area contributed by atoms with Crippen molar-refractivity contribution >= 4 is 29.5 Å². The summed E-state index contributed by atoms with van der Waals surface area (Å²) in [6.07, 6.45) is 0. The first-order valence-corrected chi connectivity index (χ1v) is 8.75. The maximum absolute atomic E-state index is 12.3. The van der Waals surface area contributed by atoms with Crippen LogP contribution in [0.4, 0.5) is 10.5 Å². The first-order chi connectivity index (χ1) is 14.0. The van der Waals surface area contributed by atoms with E-state index < -0.39 is 24.5 Å². The van der Waals surface area contributed by atoms with Gasteiger partial charge in [-0.05, 0) is 29.8 Å². The number of carbonyl (C=O) groups excluding carboxylic acids is 4. The van der Waals surface area contributed by atoms with Gasteiger partial charge in [0.25, 0.3) is 5.91 Å². The second kappa shape index (κ2) is 8.87. The normalized spacial score (nSPS) is 13.1. The lowest BCUT2D eigenvalue weighted by atomic mass is 10.1. The summed E-state index contributed by atoms with van der Waals surface area (Å²) in [5.41, 5.74) is 1.26. The van der Waals surface area contributed by atoms with Crippen molar-refractivity contribution in [2.24, 2.45) is 0 Å². The number of rotatable bonds is 7. The number of amides is 4. The van der Waals surface area contributed by atoms with Gasteiger partial charge in [-0.25, -0.2) is 9.59 Å². The van der Waals surface area contributed by atoms with E-state index in [1.54, 1.807) is 36.4 Å². The Hall–Kier alpha value is -3.88. The van der Waals surface area contributed by atoms with Crippen molar-refractivity contribution in [3.63, 3.8) is 0 Å². The SMILES string of the molecule is COc1ccccc1NC(=O)COC(=O)c1cccc(CN2C(=O)CNC2=O)c1. The standard InChI is InChI=1S/C20H19N3O6/c1-28-16-8-3-2-7-15(16)22-17(24)12-29-19(26)14-6-4-5-13(9-14)11-23-18(25)10-21-20(23)27/h2-9H,10-12H2,1H3,(H,21,27)(H,22,24). The number of methoxy groups -OCH3 is 1. The van der Waals surface area contributed by atoms with Crippen molar-refractivity contribution in [2.45, 2.75) is 6.54 Å². The fourth-order valence-electron chi connectivity index (χ4n) is 2.74. The maximum atomic E-state index is 12.3. The fraction of sp³-hybridized carbons (Fsp3) is 0.200. The van der Waals surface area contributed by atoms with Gasteiger partial charge in [0.1, 0.15) is 5.75 Å². The molecule has 0 aromatic heterocycles. The third-order valence-corrected chi connectivity index (χ3v) is 4.16. The Morgan fingerprint density at radius 2 is 1.93 bits per heavy atom. The zero-order valence-electron chi connectivity index (χ0n) is 15.6. The van der Waals surface area contributed by atoms with Crippen LogP contribution in [0, 0.1) is 0 Å². The highest BCUT2D eigenvalue weighted by Gasteiger charge is 2.28. The molecule has 9 heteroatoms. The lowest BCUT2D eigenvalue weighted by molar-refractivity contribution is -0.125. The molecule has 2 N–H and O–H groups in total. The van der Waals surface area contributed by atoms with Crippen LogP contribution < -0.4 is 15.4 Å². The van der Waals surface area contributed by atoms with Crippen LogP contribution in [-0.4, -0.2) is 49.0 Å². The number of hydrogen-bond donors (Lipinski definition) is 2. The van der Waals surface area contributed by atoms with Crippen molar-refractivity contribution in [2.75, 3.05) is 25.6 Å². The molecule has 1 heterocycles. The zero-order chi connectivity index (χ0) is 20.8. The molecule has 0 radical (unpaired) electrons. The predicted molar refractivity (Wildman–Crippen MR) is 102 cm³/mol. The highest BCUT2D eigenvalue weighted by molar-refractivity contribution is 6.02. The van der Waals surface area contributed by atoms with Crippen LogP contribution in [0.25, 0.3) is 0 Å². The topological polar surface area (TPSA) is 114 Å². The van der Waals surface area contributed by atoms with E-state index >= 15 is 0 Å². The number of ether oxygens (including phenoxy) is 2. The summed E-state index contributed by atoms with van der Waals surface area (Å²) >= 11 is 0. The number of nitrogens with one attached hydrogen (secondary N) is 2. The van der Waals surface area contributed by atoms with E-state index in [1.807, 2.05) is 0 Å². The molecular formula is C20H19N3O6. The van der Waals surface area contributed by atoms with Gasteiger partial charge >= 0.3 is 12.0 Å². The molecule has 0 atom stereocenters. The lowest BCUT2D eigenvalue weighted by Gasteiger charge is -2.13. The monoisotopic (exact) mass is 397 g/mol. The molecule has 1 aliphatic heterocycles. The molecule has 1 fully saturated rings. The van der Waals surface area contributed by atoms with Crippen LogP contribution in [-0.2, 0) is 20.9 Å². The number of imide groups is 1. The molecule has 29 heavy (non-hydrogen) atoms. The van der Waals surface area contributed by atoms with Crippen molar-refractivity contribution in [1.29, 1.82) is 0 Å². The second-order valence-corrected chi connectivity index (χ2v) is 6.16. The second-order valence-electron chi connectivity index (χ2n) is 6.16. The Balaban J connectivity index is 1.57. The van der Waals surface area contributed by atoms with E-state index in [-0.39, 0.29) is 24.6 Å². The van der Waals surface area contributed by atoms with Crippen molar-refractivity contribution < 1.29 is 28.7 Å². The van der Waals surface area contributed by atoms with E-state index in [0.29, 0.717) is 17.0 Å². The number of nitrogens with zero attached hydrogens (tertiary/aromatic N) is 1. The average Bonchev–Trinajstić information content (AvgIpc) is 3.04. The van der Waals surface area contributed by atoms with Gasteiger partial charge < -0.3 is 20.1 Å². The smallest absolute Gasteiger partial charge is 0.338 e. The minimum absolute atomic E-state index is 0.0398. The highest BCUT2D eigenvalue weighted by Crippen LogP contribution is 2.22. The van der Waals surface area contributed by atoms with E-state index in [2.05, 4.69) is 10.6 Å². The Bertz CT molecular complexity index is 943. The minimum atomic E-state index is -0.695. The minimum Gasteiger partial charge on any atom is -0.495 e. The third-order valence-electron chi connectivity index (χ3n) is 4.16. The van der Waals surface area contributed by atoms with Gasteiger partial charge in [0.15, 0.2) is 6.61 Å². The first kappa shape index (κ1) is 19.9. The molecule has 2 aromatic rings. The average molecular weight is 397 g/mol. The Morgan fingerprint density at radius 3 is 2.66 bits per heavy atom. The molecule has 2 aromatic carbocycles. The Labute approximate surface area is 166 Å². The number of esters is 1. The zero-order valence-corrected chi connectivity index (χ0v) is 15.6. The highest BCUT2D eigenvalue weighted by atomic mass is 16.5. The van der Waals surface area contributed by atoms with Gasteiger partial charge in [-0.1, -0.05) is 24.3 Å². The molecule has 150 valence electrons. The molecule has 0 spiro atoms. The number of benzene rings is 2. The molecule has 0 unspecified atom stereocenters. The molecule has 0 aliphatic carbocycles. The van der Waals surface area contributed by atoms with E-state index in [1.165, 1.54) is 19.2 Å². The van der Waals surface area contributed by atoms with Gasteiger partial charge in [-0.2, -0.15) is 0 Å². The fourth-order valence-corrected chi connectivity index (χ4v) is 2.74. The molecule has 0 bridgehead atoms. The van der Waals surface area contributed by atoms with Crippen LogP contribution in [0.15, 0.2) is 48.5 Å². The summed E-state index contributed by atoms with van der Waals surface area (Å²) in [5, 5.41) is 5.04. The lowest BCUT2D eigenvalue weighted by Crippen LogP contribution is -2.30. The summed E-state index contributed by atoms with van der Waals surface area (Å²) in [4.78, 5) is 48.7. The molecule has 1 aliphatic rings. The van der Waals surface area contributed by atoms with Crippen molar-refractivity contribution in [3.05, 3.63) is 59.7 Å². The summed E-state index contributed by atoms with van der Waals surface area (Å²) < 4.78 is 10.2. The maximum Gasteiger partial charge on any atom is 0.338 e. The van der Waals surface area contributed by atoms with Crippen LogP contribution in [0.3, 0.4) is 0 Å². The largest absolute Gasteiger partial charge is 0.495 e. The molecule has 1 saturated heterocycles. The Kier molecular flexibility index (Phi) is 6.08. The van der Waals surface area contributed by atoms with Gasteiger partial charge in [0.05, 0.1) is 31.5 Å². The molecule has 0 saturated carbocycles. The van der Waals surface area contributed by atoms with Gasteiger partial charge in [0, 0.05) is 0 Å². The van der Waals surface area contributed by atoms with Crippen LogP contribution >= 0.6 is 0 Å². The number of para-hydroxylation sites is 2. The van der Waals surface area contributed by atoms with E-state index in [4.69, 9.17) is 9.47 Å². The number of carbonyl (C=O) groups is 4. The van der Waals surface area contributed by atoms with Crippen molar-refractivity contribution in [3.8, 4) is 5.75 Å². The third kappa shape index (κ3) is 4.89.